The van der Waals surface area contributed by atoms with Crippen molar-refractivity contribution in [3.63, 3.8) is 0 Å². The fourth-order valence-corrected chi connectivity index (χ4v) is 3.29. The summed E-state index contributed by atoms with van der Waals surface area (Å²) in [5.74, 6) is 0.896. The standard InChI is InChI=1S/C18H37N5O2.HI/c1-18(2,23-10-14-25-15-11-23)16-21-17(19-3)20-6-4-5-7-22-8-12-24-13-9-22;/h4-16H2,1-3H3,(H2,19,20,21);1H. The van der Waals surface area contributed by atoms with Crippen LogP contribution in [0.1, 0.15) is 26.7 Å². The topological polar surface area (TPSA) is 61.4 Å². The Hall–Kier alpha value is -0.160. The van der Waals surface area contributed by atoms with Gasteiger partial charge in [0.2, 0.25) is 0 Å². The number of ether oxygens (including phenoxy) is 2. The van der Waals surface area contributed by atoms with Crippen LogP contribution in [0.3, 0.4) is 0 Å². The van der Waals surface area contributed by atoms with Crippen molar-refractivity contribution in [2.45, 2.75) is 32.2 Å². The monoisotopic (exact) mass is 483 g/mol. The summed E-state index contributed by atoms with van der Waals surface area (Å²) in [4.78, 5) is 9.32. The maximum absolute atomic E-state index is 5.45. The lowest BCUT2D eigenvalue weighted by Crippen LogP contribution is -2.56. The van der Waals surface area contributed by atoms with E-state index in [1.54, 1.807) is 0 Å². The smallest absolute Gasteiger partial charge is 0.191 e. The summed E-state index contributed by atoms with van der Waals surface area (Å²) in [6.07, 6.45) is 2.37. The van der Waals surface area contributed by atoms with Gasteiger partial charge in [-0.3, -0.25) is 14.8 Å². The number of unbranched alkanes of at least 4 members (excludes halogenated alkanes) is 1. The van der Waals surface area contributed by atoms with Gasteiger partial charge in [-0.1, -0.05) is 0 Å². The number of aliphatic imine (C=N–C) groups is 1. The second-order valence-corrected chi connectivity index (χ2v) is 7.43. The van der Waals surface area contributed by atoms with Crippen LogP contribution in [0.4, 0.5) is 0 Å². The minimum absolute atomic E-state index is 0. The summed E-state index contributed by atoms with van der Waals surface area (Å²) in [6.45, 7) is 15.1. The molecule has 2 saturated heterocycles. The molecule has 2 aliphatic rings. The van der Waals surface area contributed by atoms with E-state index in [-0.39, 0.29) is 29.5 Å². The molecule has 0 atom stereocenters. The van der Waals surface area contributed by atoms with Gasteiger partial charge >= 0.3 is 0 Å². The van der Waals surface area contributed by atoms with Gasteiger partial charge in [0.15, 0.2) is 5.96 Å². The van der Waals surface area contributed by atoms with E-state index >= 15 is 0 Å². The summed E-state index contributed by atoms with van der Waals surface area (Å²) in [6, 6.07) is 0. The lowest BCUT2D eigenvalue weighted by molar-refractivity contribution is -0.00833. The highest BCUT2D eigenvalue weighted by Gasteiger charge is 2.28. The van der Waals surface area contributed by atoms with Crippen LogP contribution in [0.2, 0.25) is 0 Å². The van der Waals surface area contributed by atoms with Gasteiger partial charge in [-0.15, -0.1) is 24.0 Å². The number of guanidine groups is 1. The number of morpholine rings is 2. The van der Waals surface area contributed by atoms with E-state index in [9.17, 15) is 0 Å². The van der Waals surface area contributed by atoms with Crippen molar-refractivity contribution in [2.24, 2.45) is 4.99 Å². The van der Waals surface area contributed by atoms with Gasteiger partial charge in [-0.2, -0.15) is 0 Å². The van der Waals surface area contributed by atoms with Crippen molar-refractivity contribution >= 4 is 29.9 Å². The highest BCUT2D eigenvalue weighted by Crippen LogP contribution is 2.14. The third-order valence-corrected chi connectivity index (χ3v) is 5.08. The van der Waals surface area contributed by atoms with Crippen molar-refractivity contribution < 1.29 is 9.47 Å². The zero-order valence-corrected chi connectivity index (χ0v) is 19.1. The predicted molar refractivity (Wildman–Crippen MR) is 118 cm³/mol. The molecular weight excluding hydrogens is 445 g/mol. The largest absolute Gasteiger partial charge is 0.379 e. The van der Waals surface area contributed by atoms with E-state index < -0.39 is 0 Å². The Morgan fingerprint density at radius 2 is 1.58 bits per heavy atom. The van der Waals surface area contributed by atoms with Gasteiger partial charge in [0.25, 0.3) is 0 Å². The first kappa shape index (κ1) is 23.9. The molecule has 2 heterocycles. The van der Waals surface area contributed by atoms with Gasteiger partial charge < -0.3 is 20.1 Å². The molecule has 0 spiro atoms. The Labute approximate surface area is 176 Å². The molecule has 0 bridgehead atoms. The molecule has 0 radical (unpaired) electrons. The molecule has 0 aromatic rings. The molecule has 2 N–H and O–H groups in total. The summed E-state index contributed by atoms with van der Waals surface area (Å²) in [5.41, 5.74) is 0.0950. The van der Waals surface area contributed by atoms with E-state index in [0.717, 1.165) is 78.1 Å². The summed E-state index contributed by atoms with van der Waals surface area (Å²) in [7, 11) is 1.84. The van der Waals surface area contributed by atoms with E-state index in [1.807, 2.05) is 7.05 Å². The summed E-state index contributed by atoms with van der Waals surface area (Å²) in [5, 5.41) is 6.91. The molecule has 0 unspecified atom stereocenters. The lowest BCUT2D eigenvalue weighted by atomic mass is 10.0. The maximum atomic E-state index is 5.45. The Kier molecular flexibility index (Phi) is 12.0. The van der Waals surface area contributed by atoms with Gasteiger partial charge in [0.1, 0.15) is 0 Å². The van der Waals surface area contributed by atoms with Crippen molar-refractivity contribution in [3.8, 4) is 0 Å². The quantitative estimate of drug-likeness (QED) is 0.233. The highest BCUT2D eigenvalue weighted by molar-refractivity contribution is 14.0. The fourth-order valence-electron chi connectivity index (χ4n) is 3.29. The summed E-state index contributed by atoms with van der Waals surface area (Å²) < 4.78 is 10.8. The van der Waals surface area contributed by atoms with Crippen molar-refractivity contribution in [1.82, 2.24) is 20.4 Å². The van der Waals surface area contributed by atoms with Gasteiger partial charge in [0, 0.05) is 51.9 Å². The highest BCUT2D eigenvalue weighted by atomic mass is 127. The minimum Gasteiger partial charge on any atom is -0.379 e. The number of rotatable bonds is 8. The molecule has 2 rings (SSSR count). The second kappa shape index (κ2) is 13.1. The average molecular weight is 483 g/mol. The number of halogens is 1. The minimum atomic E-state index is 0. The van der Waals surface area contributed by atoms with Crippen LogP contribution in [-0.2, 0) is 9.47 Å². The number of nitrogens with zero attached hydrogens (tertiary/aromatic N) is 3. The number of hydrogen-bond acceptors (Lipinski definition) is 5. The van der Waals surface area contributed by atoms with Crippen molar-refractivity contribution in [3.05, 3.63) is 0 Å². The molecule has 7 nitrogen and oxygen atoms in total. The van der Waals surface area contributed by atoms with E-state index in [4.69, 9.17) is 9.47 Å². The molecular formula is C18H38IN5O2. The molecule has 2 aliphatic heterocycles. The van der Waals surface area contributed by atoms with Crippen molar-refractivity contribution in [1.29, 1.82) is 0 Å². The molecule has 154 valence electrons. The van der Waals surface area contributed by atoms with Crippen LogP contribution in [0.25, 0.3) is 0 Å². The van der Waals surface area contributed by atoms with Crippen LogP contribution in [0.15, 0.2) is 4.99 Å². The third kappa shape index (κ3) is 8.69. The Bertz CT molecular complexity index is 397. The molecule has 0 aromatic heterocycles. The molecule has 0 aliphatic carbocycles. The van der Waals surface area contributed by atoms with Crippen LogP contribution in [-0.4, -0.2) is 101 Å². The molecule has 0 amide bonds. The maximum Gasteiger partial charge on any atom is 0.191 e. The normalized spacial score (nSPS) is 20.5. The molecule has 8 heteroatoms. The van der Waals surface area contributed by atoms with E-state index in [1.165, 1.54) is 13.0 Å². The number of nitrogens with one attached hydrogen (secondary N) is 2. The van der Waals surface area contributed by atoms with Crippen LogP contribution in [0, 0.1) is 0 Å². The molecule has 0 aromatic carbocycles. The molecule has 2 fully saturated rings. The van der Waals surface area contributed by atoms with Gasteiger partial charge in [-0.05, 0) is 33.2 Å². The first-order valence-electron chi connectivity index (χ1n) is 9.69. The van der Waals surface area contributed by atoms with Gasteiger partial charge in [0.05, 0.1) is 26.4 Å². The Balaban J connectivity index is 0.00000338. The third-order valence-electron chi connectivity index (χ3n) is 5.08. The number of hydrogen-bond donors (Lipinski definition) is 2. The second-order valence-electron chi connectivity index (χ2n) is 7.43. The van der Waals surface area contributed by atoms with Crippen molar-refractivity contribution in [2.75, 3.05) is 79.3 Å². The zero-order chi connectivity index (χ0) is 18.0. The van der Waals surface area contributed by atoms with E-state index in [0.29, 0.717) is 0 Å². The SMILES string of the molecule is CN=C(NCCCCN1CCOCC1)NCC(C)(C)N1CCOCC1.I. The van der Waals surface area contributed by atoms with E-state index in [2.05, 4.69) is 39.3 Å². The lowest BCUT2D eigenvalue weighted by Gasteiger charge is -2.41. The molecule has 0 saturated carbocycles. The fraction of sp³-hybridized carbons (Fsp3) is 0.944. The predicted octanol–water partition coefficient (Wildman–Crippen LogP) is 0.993. The molecule has 26 heavy (non-hydrogen) atoms. The van der Waals surface area contributed by atoms with Gasteiger partial charge in [-0.25, -0.2) is 0 Å². The Morgan fingerprint density at radius 3 is 2.19 bits per heavy atom. The first-order chi connectivity index (χ1) is 12.1. The van der Waals surface area contributed by atoms with Crippen LogP contribution < -0.4 is 10.6 Å². The van der Waals surface area contributed by atoms with Crippen LogP contribution >= 0.6 is 24.0 Å². The zero-order valence-electron chi connectivity index (χ0n) is 16.8. The summed E-state index contributed by atoms with van der Waals surface area (Å²) >= 11 is 0. The first-order valence-corrected chi connectivity index (χ1v) is 9.69. The Morgan fingerprint density at radius 1 is 0.962 bits per heavy atom. The van der Waals surface area contributed by atoms with Crippen LogP contribution in [0.5, 0.6) is 0 Å². The average Bonchev–Trinajstić information content (AvgIpc) is 2.65.